The first kappa shape index (κ1) is 36.5. The molecule has 1 aromatic rings. The van der Waals surface area contributed by atoms with Crippen LogP contribution < -0.4 is 5.73 Å². The average molecular weight is 654 g/mol. The van der Waals surface area contributed by atoms with Crippen molar-refractivity contribution in [2.24, 2.45) is 11.7 Å². The molecule has 2 N–H and O–H groups in total. The molecule has 246 valence electrons. The van der Waals surface area contributed by atoms with Gasteiger partial charge >= 0.3 is 13.9 Å². The number of nitrogens with two attached hydrogens (primary N) is 1. The average Bonchev–Trinajstić information content (AvgIpc) is 3.32. The summed E-state index contributed by atoms with van der Waals surface area (Å²) in [6.07, 6.45) is 11.4. The first-order valence-electron chi connectivity index (χ1n) is 16.7. The molecule has 1 amide bonds. The number of phosphoric acid groups is 1. The van der Waals surface area contributed by atoms with Crippen molar-refractivity contribution >= 4 is 30.1 Å². The van der Waals surface area contributed by atoms with Gasteiger partial charge in [0, 0.05) is 16.1 Å². The molecule has 0 aromatic heterocycles. The van der Waals surface area contributed by atoms with Crippen molar-refractivity contribution in [2.75, 3.05) is 19.8 Å². The number of hydrogen-bond donors (Lipinski definition) is 1. The number of hydrogen-bond acceptors (Lipinski definition) is 6. The maximum atomic E-state index is 13.8. The summed E-state index contributed by atoms with van der Waals surface area (Å²) in [5.41, 5.74) is 8.82. The van der Waals surface area contributed by atoms with Gasteiger partial charge in [-0.05, 0) is 79.1 Å². The molecule has 1 saturated carbocycles. The Morgan fingerprint density at radius 2 is 1.63 bits per heavy atom. The van der Waals surface area contributed by atoms with Gasteiger partial charge in [-0.15, -0.1) is 0 Å². The molecule has 10 heteroatoms. The van der Waals surface area contributed by atoms with Crippen LogP contribution in [0.2, 0.25) is 51.4 Å². The fraction of sp³-hybridized carbons (Fsp3) is 0.788. The minimum absolute atomic E-state index is 0.0612. The number of primary amides is 1. The summed E-state index contributed by atoms with van der Waals surface area (Å²) in [7, 11) is -6.66. The van der Waals surface area contributed by atoms with E-state index in [2.05, 4.69) is 64.4 Å². The third-order valence-electron chi connectivity index (χ3n) is 9.07. The van der Waals surface area contributed by atoms with Crippen LogP contribution >= 0.6 is 7.82 Å². The Labute approximate surface area is 264 Å². The van der Waals surface area contributed by atoms with E-state index in [9.17, 15) is 9.36 Å². The van der Waals surface area contributed by atoms with Crippen molar-refractivity contribution in [1.29, 1.82) is 0 Å². The predicted octanol–water partition coefficient (Wildman–Crippen LogP) is 9.70. The van der Waals surface area contributed by atoms with E-state index in [0.29, 0.717) is 26.1 Å². The highest BCUT2D eigenvalue weighted by Gasteiger charge is 2.45. The Hall–Kier alpha value is -0.966. The lowest BCUT2D eigenvalue weighted by molar-refractivity contribution is -0.0270. The summed E-state index contributed by atoms with van der Waals surface area (Å²) in [4.78, 5) is 12.0. The largest absolute Gasteiger partial charge is 0.474 e. The second kappa shape index (κ2) is 16.0. The van der Waals surface area contributed by atoms with Crippen LogP contribution in [0.1, 0.15) is 87.3 Å². The second-order valence-electron chi connectivity index (χ2n) is 15.5. The number of aryl methyl sites for hydroxylation is 1. The molecule has 2 aliphatic rings. The molecule has 3 atom stereocenters. The van der Waals surface area contributed by atoms with Gasteiger partial charge in [-0.1, -0.05) is 96.5 Å². The molecule has 2 aliphatic carbocycles. The summed E-state index contributed by atoms with van der Waals surface area (Å²) in [5.74, 6) is 1.01. The van der Waals surface area contributed by atoms with Crippen molar-refractivity contribution in [2.45, 2.75) is 140 Å². The predicted molar refractivity (Wildman–Crippen MR) is 182 cm³/mol. The fourth-order valence-electron chi connectivity index (χ4n) is 6.29. The first-order chi connectivity index (χ1) is 20.1. The zero-order valence-electron chi connectivity index (χ0n) is 28.2. The molecule has 43 heavy (non-hydrogen) atoms. The van der Waals surface area contributed by atoms with Crippen LogP contribution in [0.4, 0.5) is 4.79 Å². The van der Waals surface area contributed by atoms with Crippen LogP contribution in [-0.4, -0.2) is 47.7 Å². The van der Waals surface area contributed by atoms with E-state index in [1.165, 1.54) is 61.6 Å². The lowest BCUT2D eigenvalue weighted by Crippen LogP contribution is -2.39. The van der Waals surface area contributed by atoms with Gasteiger partial charge in [0.2, 0.25) is 0 Å². The number of rotatable bonds is 18. The third-order valence-corrected chi connectivity index (χ3v) is 13.9. The van der Waals surface area contributed by atoms with Crippen LogP contribution in [0.3, 0.4) is 0 Å². The highest BCUT2D eigenvalue weighted by atomic mass is 31.2. The van der Waals surface area contributed by atoms with Crippen LogP contribution in [0, 0.1) is 5.92 Å². The fourth-order valence-corrected chi connectivity index (χ4v) is 9.31. The topological polar surface area (TPSA) is 97.1 Å². The Balaban J connectivity index is 1.67. The molecular formula is C33H60NO6PSi2. The monoisotopic (exact) mass is 653 g/mol. The Kier molecular flexibility index (Phi) is 13.6. The van der Waals surface area contributed by atoms with Gasteiger partial charge in [-0.3, -0.25) is 13.6 Å². The van der Waals surface area contributed by atoms with Crippen LogP contribution in [0.25, 0.3) is 0 Å². The number of phosphoric ester groups is 1. The molecule has 0 bridgehead atoms. The minimum atomic E-state index is -3.84. The zero-order valence-corrected chi connectivity index (χ0v) is 31.1. The van der Waals surface area contributed by atoms with Gasteiger partial charge < -0.3 is 10.5 Å². The van der Waals surface area contributed by atoms with Crippen molar-refractivity contribution < 1.29 is 27.7 Å². The van der Waals surface area contributed by atoms with E-state index in [4.69, 9.17) is 24.0 Å². The summed E-state index contributed by atoms with van der Waals surface area (Å²) in [6.45, 7) is 16.3. The summed E-state index contributed by atoms with van der Waals surface area (Å²) in [6, 6.07) is 8.65. The SMILES string of the molecule is CCCCCCC1CCc2cc([C@H]3CC[C@@](COP(=O)(OCC[Si](C)(C)C)OCC[Si](C)(C)C)(OC(N)=O)C3)ccc2C1. The molecule has 1 aromatic carbocycles. The van der Waals surface area contributed by atoms with Crippen molar-refractivity contribution in [3.05, 3.63) is 34.9 Å². The molecule has 0 spiro atoms. The van der Waals surface area contributed by atoms with Crippen LogP contribution in [0.5, 0.6) is 0 Å². The van der Waals surface area contributed by atoms with E-state index >= 15 is 0 Å². The molecule has 3 rings (SSSR count). The van der Waals surface area contributed by atoms with E-state index in [1.54, 1.807) is 0 Å². The number of amides is 1. The molecule has 1 unspecified atom stereocenters. The molecule has 1 fully saturated rings. The molecule has 0 heterocycles. The number of benzene rings is 1. The number of carbonyl (C=O) groups excluding carboxylic acids is 1. The van der Waals surface area contributed by atoms with Crippen molar-refractivity contribution in [3.8, 4) is 0 Å². The van der Waals surface area contributed by atoms with E-state index < -0.39 is 35.7 Å². The molecule has 0 radical (unpaired) electrons. The van der Waals surface area contributed by atoms with Gasteiger partial charge in [0.25, 0.3) is 0 Å². The zero-order chi connectivity index (χ0) is 31.7. The summed E-state index contributed by atoms with van der Waals surface area (Å²) in [5, 5.41) is 0. The lowest BCUT2D eigenvalue weighted by Gasteiger charge is -2.30. The molecular weight excluding hydrogens is 594 g/mol. The van der Waals surface area contributed by atoms with Gasteiger partial charge in [-0.25, -0.2) is 9.36 Å². The van der Waals surface area contributed by atoms with Crippen molar-refractivity contribution in [3.63, 3.8) is 0 Å². The van der Waals surface area contributed by atoms with Gasteiger partial charge in [0.05, 0.1) is 19.8 Å². The van der Waals surface area contributed by atoms with Gasteiger partial charge in [0.1, 0.15) is 5.60 Å². The second-order valence-corrected chi connectivity index (χ2v) is 28.5. The number of carbonyl (C=O) groups is 1. The molecule has 0 aliphatic heterocycles. The quantitative estimate of drug-likeness (QED) is 0.0963. The maximum Gasteiger partial charge on any atom is 0.474 e. The Bertz CT molecular complexity index is 1060. The number of ether oxygens (including phenoxy) is 1. The van der Waals surface area contributed by atoms with Crippen molar-refractivity contribution in [1.82, 2.24) is 0 Å². The Morgan fingerprint density at radius 1 is 0.953 bits per heavy atom. The highest BCUT2D eigenvalue weighted by Crippen LogP contribution is 2.53. The molecule has 7 nitrogen and oxygen atoms in total. The minimum Gasteiger partial charge on any atom is -0.441 e. The normalized spacial score (nSPS) is 22.9. The molecule has 0 saturated heterocycles. The standard InChI is InChI=1S/C33H60NO6PSi2/c1-8-9-10-11-12-27-13-14-29-24-30(16-15-28(29)23-27)31-17-18-33(25-31,40-32(34)35)26-39-41(36,37-19-21-42(2,3)4)38-20-22-43(5,6)7/h15-16,24,27,31H,8-14,17-23,25-26H2,1-7H3,(H2,34,35)/t27?,31-,33+/m0/s1. The number of unbranched alkanes of at least 4 members (excludes halogenated alkanes) is 3. The Morgan fingerprint density at radius 3 is 2.23 bits per heavy atom. The maximum absolute atomic E-state index is 13.8. The highest BCUT2D eigenvalue weighted by molar-refractivity contribution is 7.48. The summed E-state index contributed by atoms with van der Waals surface area (Å²) < 4.78 is 37.2. The first-order valence-corrected chi connectivity index (χ1v) is 25.6. The smallest absolute Gasteiger partial charge is 0.441 e. The van der Waals surface area contributed by atoms with Crippen LogP contribution in [0.15, 0.2) is 18.2 Å². The van der Waals surface area contributed by atoms with E-state index in [0.717, 1.165) is 30.8 Å². The van der Waals surface area contributed by atoms with Gasteiger partial charge in [-0.2, -0.15) is 0 Å². The lowest BCUT2D eigenvalue weighted by atomic mass is 9.79. The van der Waals surface area contributed by atoms with E-state index in [1.807, 2.05) is 0 Å². The third kappa shape index (κ3) is 12.7. The summed E-state index contributed by atoms with van der Waals surface area (Å²) >= 11 is 0. The number of fused-ring (bicyclic) bond motifs is 1. The van der Waals surface area contributed by atoms with E-state index in [-0.39, 0.29) is 12.5 Å². The van der Waals surface area contributed by atoms with Crippen LogP contribution in [-0.2, 0) is 35.7 Å². The van der Waals surface area contributed by atoms with Gasteiger partial charge in [0.15, 0.2) is 0 Å².